The number of carbonyl (C=O) groups excluding carboxylic acids is 3. The van der Waals surface area contributed by atoms with Gasteiger partial charge in [-0.3, -0.25) is 9.59 Å². The molecular formula is C25H26N2O4. The number of nitrogens with one attached hydrogen (secondary N) is 1. The first-order valence-corrected chi connectivity index (χ1v) is 10.7. The molecule has 0 atom stereocenters. The Morgan fingerprint density at radius 1 is 1.03 bits per heavy atom. The summed E-state index contributed by atoms with van der Waals surface area (Å²) in [7, 11) is 0. The third kappa shape index (κ3) is 4.24. The van der Waals surface area contributed by atoms with Gasteiger partial charge in [-0.25, -0.2) is 4.79 Å². The van der Waals surface area contributed by atoms with Crippen LogP contribution in [0.25, 0.3) is 0 Å². The van der Waals surface area contributed by atoms with Crippen LogP contribution < -0.4 is 15.0 Å². The number of ketones is 1. The Labute approximate surface area is 181 Å². The number of hydrogen-bond acceptors (Lipinski definition) is 5. The van der Waals surface area contributed by atoms with E-state index in [-0.39, 0.29) is 11.7 Å². The second kappa shape index (κ2) is 8.76. The van der Waals surface area contributed by atoms with Crippen molar-refractivity contribution >= 4 is 23.3 Å². The molecule has 0 aromatic heterocycles. The molecule has 0 radical (unpaired) electrons. The standard InChI is InChI=1S/C25H26N2O4/c1-3-13-26-24(29)17-4-8-20(9-5-17)31-25(30)19-7-11-22-18(15-19)6-10-21-16(2)23(28)12-14-27(21)22/h4-5,7-9,11,15H,3,6,10,12-14H2,1-2H3,(H,26,29). The molecule has 2 aliphatic heterocycles. The number of ether oxygens (including phenoxy) is 1. The number of fused-ring (bicyclic) bond motifs is 3. The fourth-order valence-electron chi connectivity index (χ4n) is 4.10. The summed E-state index contributed by atoms with van der Waals surface area (Å²) >= 11 is 0. The summed E-state index contributed by atoms with van der Waals surface area (Å²) in [5, 5.41) is 2.82. The summed E-state index contributed by atoms with van der Waals surface area (Å²) in [4.78, 5) is 38.9. The number of nitrogens with zero attached hydrogens (tertiary/aromatic N) is 1. The molecule has 2 aliphatic rings. The Bertz CT molecular complexity index is 1070. The lowest BCUT2D eigenvalue weighted by Crippen LogP contribution is -2.35. The van der Waals surface area contributed by atoms with Gasteiger partial charge in [-0.2, -0.15) is 0 Å². The number of aryl methyl sites for hydroxylation is 1. The quantitative estimate of drug-likeness (QED) is 0.586. The Morgan fingerprint density at radius 2 is 1.77 bits per heavy atom. The number of esters is 1. The van der Waals surface area contributed by atoms with Crippen LogP contribution >= 0.6 is 0 Å². The van der Waals surface area contributed by atoms with E-state index in [1.54, 1.807) is 30.3 Å². The van der Waals surface area contributed by atoms with E-state index in [1.165, 1.54) is 0 Å². The van der Waals surface area contributed by atoms with Gasteiger partial charge in [0, 0.05) is 42.0 Å². The van der Waals surface area contributed by atoms with Crippen LogP contribution in [0.15, 0.2) is 53.7 Å². The molecule has 0 saturated heterocycles. The van der Waals surface area contributed by atoms with E-state index < -0.39 is 5.97 Å². The van der Waals surface area contributed by atoms with Crippen LogP contribution in [0.2, 0.25) is 0 Å². The van der Waals surface area contributed by atoms with E-state index in [0.717, 1.165) is 41.8 Å². The SMILES string of the molecule is CCCNC(=O)c1ccc(OC(=O)c2ccc3c(c2)CCC2=C(C)C(=O)CCN23)cc1. The second-order valence-electron chi connectivity index (χ2n) is 7.91. The van der Waals surface area contributed by atoms with Crippen molar-refractivity contribution in [2.24, 2.45) is 0 Å². The number of hydrogen-bond donors (Lipinski definition) is 1. The zero-order valence-electron chi connectivity index (χ0n) is 17.9. The first-order chi connectivity index (χ1) is 15.0. The van der Waals surface area contributed by atoms with Gasteiger partial charge in [0.15, 0.2) is 5.78 Å². The van der Waals surface area contributed by atoms with Gasteiger partial charge in [-0.05, 0) is 74.2 Å². The predicted molar refractivity (Wildman–Crippen MR) is 118 cm³/mol. The first-order valence-electron chi connectivity index (χ1n) is 10.7. The zero-order chi connectivity index (χ0) is 22.0. The summed E-state index contributed by atoms with van der Waals surface area (Å²) < 4.78 is 5.51. The van der Waals surface area contributed by atoms with Gasteiger partial charge in [0.25, 0.3) is 5.91 Å². The lowest BCUT2D eigenvalue weighted by Gasteiger charge is -2.37. The third-order valence-electron chi connectivity index (χ3n) is 5.84. The number of allylic oxidation sites excluding steroid dienone is 2. The van der Waals surface area contributed by atoms with Gasteiger partial charge in [0.1, 0.15) is 5.75 Å². The molecular weight excluding hydrogens is 392 g/mol. The molecule has 0 saturated carbocycles. The molecule has 6 nitrogen and oxygen atoms in total. The number of anilines is 1. The minimum absolute atomic E-state index is 0.141. The molecule has 0 aliphatic carbocycles. The number of carbonyl (C=O) groups is 3. The maximum absolute atomic E-state index is 12.7. The minimum Gasteiger partial charge on any atom is -0.423 e. The van der Waals surface area contributed by atoms with Crippen molar-refractivity contribution in [1.82, 2.24) is 5.32 Å². The van der Waals surface area contributed by atoms with E-state index in [9.17, 15) is 14.4 Å². The van der Waals surface area contributed by atoms with E-state index in [1.807, 2.05) is 26.0 Å². The monoisotopic (exact) mass is 418 g/mol. The molecule has 0 bridgehead atoms. The van der Waals surface area contributed by atoms with Crippen molar-refractivity contribution in [3.05, 3.63) is 70.4 Å². The van der Waals surface area contributed by atoms with Crippen LogP contribution in [0.4, 0.5) is 5.69 Å². The first kappa shape index (κ1) is 20.8. The molecule has 6 heteroatoms. The Morgan fingerprint density at radius 3 is 2.52 bits per heavy atom. The molecule has 1 amide bonds. The van der Waals surface area contributed by atoms with Crippen LogP contribution in [-0.4, -0.2) is 30.7 Å². The van der Waals surface area contributed by atoms with Crippen molar-refractivity contribution < 1.29 is 19.1 Å². The maximum atomic E-state index is 12.7. The van der Waals surface area contributed by atoms with E-state index in [0.29, 0.717) is 36.4 Å². The van der Waals surface area contributed by atoms with Crippen molar-refractivity contribution in [2.45, 2.75) is 39.5 Å². The van der Waals surface area contributed by atoms with Crippen LogP contribution in [0, 0.1) is 0 Å². The molecule has 0 unspecified atom stereocenters. The molecule has 2 heterocycles. The van der Waals surface area contributed by atoms with E-state index in [2.05, 4.69) is 10.2 Å². The molecule has 160 valence electrons. The lowest BCUT2D eigenvalue weighted by atomic mass is 9.91. The van der Waals surface area contributed by atoms with Crippen molar-refractivity contribution in [3.8, 4) is 5.75 Å². The predicted octanol–water partition coefficient (Wildman–Crippen LogP) is 4.05. The molecule has 0 fully saturated rings. The van der Waals surface area contributed by atoms with E-state index in [4.69, 9.17) is 4.74 Å². The van der Waals surface area contributed by atoms with Crippen molar-refractivity contribution in [3.63, 3.8) is 0 Å². The van der Waals surface area contributed by atoms with Crippen molar-refractivity contribution in [1.29, 1.82) is 0 Å². The molecule has 2 aromatic carbocycles. The highest BCUT2D eigenvalue weighted by atomic mass is 16.5. The summed E-state index contributed by atoms with van der Waals surface area (Å²) in [6, 6.07) is 12.1. The topological polar surface area (TPSA) is 75.7 Å². The Hall–Kier alpha value is -3.41. The number of benzene rings is 2. The average molecular weight is 418 g/mol. The molecule has 4 rings (SSSR count). The van der Waals surface area contributed by atoms with Gasteiger partial charge in [0.05, 0.1) is 5.56 Å². The Kier molecular flexibility index (Phi) is 5.89. The number of rotatable bonds is 5. The molecule has 1 N–H and O–H groups in total. The van der Waals surface area contributed by atoms with Crippen LogP contribution in [0.3, 0.4) is 0 Å². The molecule has 2 aromatic rings. The average Bonchev–Trinajstić information content (AvgIpc) is 2.79. The third-order valence-corrected chi connectivity index (χ3v) is 5.84. The summed E-state index contributed by atoms with van der Waals surface area (Å²) in [5.41, 5.74) is 5.12. The highest BCUT2D eigenvalue weighted by molar-refractivity contribution is 5.98. The molecule has 31 heavy (non-hydrogen) atoms. The lowest BCUT2D eigenvalue weighted by molar-refractivity contribution is -0.115. The highest BCUT2D eigenvalue weighted by Crippen LogP contribution is 2.37. The summed E-state index contributed by atoms with van der Waals surface area (Å²) in [5.74, 6) is 0.0451. The van der Waals surface area contributed by atoms with Crippen LogP contribution in [-0.2, 0) is 11.2 Å². The summed E-state index contributed by atoms with van der Waals surface area (Å²) in [6.45, 7) is 5.20. The number of Topliss-reactive ketones (excluding diaryl/α,β-unsaturated/α-hetero) is 1. The number of amides is 1. The normalized spacial score (nSPS) is 15.3. The van der Waals surface area contributed by atoms with Crippen molar-refractivity contribution in [2.75, 3.05) is 18.0 Å². The van der Waals surface area contributed by atoms with Crippen LogP contribution in [0.1, 0.15) is 59.4 Å². The zero-order valence-corrected chi connectivity index (χ0v) is 17.9. The Balaban J connectivity index is 1.47. The van der Waals surface area contributed by atoms with Crippen LogP contribution in [0.5, 0.6) is 5.75 Å². The van der Waals surface area contributed by atoms with Gasteiger partial charge in [0.2, 0.25) is 0 Å². The maximum Gasteiger partial charge on any atom is 0.343 e. The smallest absolute Gasteiger partial charge is 0.343 e. The largest absolute Gasteiger partial charge is 0.423 e. The molecule has 0 spiro atoms. The fourth-order valence-corrected chi connectivity index (χ4v) is 4.10. The van der Waals surface area contributed by atoms with Gasteiger partial charge in [-0.1, -0.05) is 6.92 Å². The van der Waals surface area contributed by atoms with E-state index >= 15 is 0 Å². The van der Waals surface area contributed by atoms with Gasteiger partial charge >= 0.3 is 5.97 Å². The van der Waals surface area contributed by atoms with Gasteiger partial charge in [-0.15, -0.1) is 0 Å². The highest BCUT2D eigenvalue weighted by Gasteiger charge is 2.29. The van der Waals surface area contributed by atoms with Gasteiger partial charge < -0.3 is 15.0 Å². The fraction of sp³-hybridized carbons (Fsp3) is 0.320. The minimum atomic E-state index is -0.433. The summed E-state index contributed by atoms with van der Waals surface area (Å²) in [6.07, 6.45) is 2.97. The second-order valence-corrected chi connectivity index (χ2v) is 7.91.